The molecule has 1 amide bonds. The highest BCUT2D eigenvalue weighted by Gasteiger charge is 2.37. The minimum absolute atomic E-state index is 0.140. The molecule has 3 aromatic carbocycles. The average Bonchev–Trinajstić information content (AvgIpc) is 3.49. The Kier molecular flexibility index (Phi) is 5.48. The van der Waals surface area contributed by atoms with E-state index in [1.165, 1.54) is 9.54 Å². The second-order valence-electron chi connectivity index (χ2n) is 9.47. The number of hydrogen-bond acceptors (Lipinski definition) is 5. The molecule has 0 spiro atoms. The van der Waals surface area contributed by atoms with E-state index in [1.54, 1.807) is 23.2 Å². The molecule has 6 rings (SSSR count). The molecule has 0 bridgehead atoms. The van der Waals surface area contributed by atoms with Gasteiger partial charge in [-0.3, -0.25) is 0 Å². The van der Waals surface area contributed by atoms with Crippen molar-refractivity contribution in [2.75, 3.05) is 24.5 Å². The predicted octanol–water partition coefficient (Wildman–Crippen LogP) is 4.57. The van der Waals surface area contributed by atoms with Gasteiger partial charge in [-0.1, -0.05) is 54.1 Å². The summed E-state index contributed by atoms with van der Waals surface area (Å²) in [6.45, 7) is 4.00. The number of aryl methyl sites for hydroxylation is 1. The molecule has 36 heavy (non-hydrogen) atoms. The van der Waals surface area contributed by atoms with E-state index in [0.29, 0.717) is 25.2 Å². The van der Waals surface area contributed by atoms with Gasteiger partial charge in [0.05, 0.1) is 16.5 Å². The topological polar surface area (TPSA) is 71.8 Å². The number of hydrogen-bond donors (Lipinski definition) is 0. The largest absolute Gasteiger partial charge is 0.445 e. The average molecular weight is 502 g/mol. The van der Waals surface area contributed by atoms with Gasteiger partial charge >= 0.3 is 6.09 Å². The van der Waals surface area contributed by atoms with Crippen LogP contribution in [0.25, 0.3) is 10.9 Å². The van der Waals surface area contributed by atoms with Gasteiger partial charge in [-0.25, -0.2) is 17.2 Å². The van der Waals surface area contributed by atoms with E-state index in [1.807, 2.05) is 67.6 Å². The van der Waals surface area contributed by atoms with Crippen molar-refractivity contribution in [2.45, 2.75) is 30.9 Å². The molecule has 184 valence electrons. The first-order chi connectivity index (χ1) is 17.4. The molecule has 1 unspecified atom stereocenters. The molecule has 2 aliphatic heterocycles. The first-order valence-corrected chi connectivity index (χ1v) is 13.5. The van der Waals surface area contributed by atoms with Gasteiger partial charge in [-0.2, -0.15) is 0 Å². The molecule has 1 fully saturated rings. The maximum Gasteiger partial charge on any atom is 0.410 e. The number of anilines is 1. The SMILES string of the molecule is Cc1ccc(S(=O)(=O)n2ccc3c4c(ccc32)CC2CN(C(=O)OCc3ccccc3)CCN42)cc1. The molecule has 0 aliphatic carbocycles. The number of ether oxygens (including phenoxy) is 1. The molecule has 0 N–H and O–H groups in total. The van der Waals surface area contributed by atoms with Gasteiger partial charge in [-0.05, 0) is 48.7 Å². The van der Waals surface area contributed by atoms with E-state index in [9.17, 15) is 13.2 Å². The molecule has 1 saturated heterocycles. The first-order valence-electron chi connectivity index (χ1n) is 12.1. The highest BCUT2D eigenvalue weighted by Crippen LogP contribution is 2.41. The number of carbonyl (C=O) groups is 1. The maximum absolute atomic E-state index is 13.4. The van der Waals surface area contributed by atoms with E-state index >= 15 is 0 Å². The van der Waals surface area contributed by atoms with Crippen LogP contribution >= 0.6 is 0 Å². The minimum Gasteiger partial charge on any atom is -0.445 e. The monoisotopic (exact) mass is 501 g/mol. The summed E-state index contributed by atoms with van der Waals surface area (Å²) >= 11 is 0. The van der Waals surface area contributed by atoms with Crippen LogP contribution in [0.4, 0.5) is 10.5 Å². The molecule has 7 nitrogen and oxygen atoms in total. The maximum atomic E-state index is 13.4. The predicted molar refractivity (Wildman–Crippen MR) is 139 cm³/mol. The first kappa shape index (κ1) is 22.7. The number of piperazine rings is 1. The molecular weight excluding hydrogens is 474 g/mol. The summed E-state index contributed by atoms with van der Waals surface area (Å²) in [5.41, 5.74) is 4.90. The van der Waals surface area contributed by atoms with Crippen LogP contribution in [-0.2, 0) is 27.8 Å². The van der Waals surface area contributed by atoms with E-state index in [4.69, 9.17) is 4.74 Å². The lowest BCUT2D eigenvalue weighted by Gasteiger charge is -2.38. The normalized spacial score (nSPS) is 17.2. The summed E-state index contributed by atoms with van der Waals surface area (Å²) < 4.78 is 33.7. The van der Waals surface area contributed by atoms with Gasteiger partial charge in [0, 0.05) is 36.9 Å². The molecule has 3 heterocycles. The molecule has 1 atom stereocenters. The van der Waals surface area contributed by atoms with Crippen molar-refractivity contribution in [3.05, 3.63) is 95.7 Å². The number of benzene rings is 3. The molecule has 4 aromatic rings. The van der Waals surface area contributed by atoms with E-state index < -0.39 is 10.0 Å². The third-order valence-electron chi connectivity index (χ3n) is 7.16. The number of aromatic nitrogens is 1. The van der Waals surface area contributed by atoms with Crippen molar-refractivity contribution in [1.29, 1.82) is 0 Å². The summed E-state index contributed by atoms with van der Waals surface area (Å²) in [5, 5.41) is 0.922. The quantitative estimate of drug-likeness (QED) is 0.410. The van der Waals surface area contributed by atoms with E-state index in [0.717, 1.165) is 28.6 Å². The lowest BCUT2D eigenvalue weighted by Crippen LogP contribution is -2.53. The van der Waals surface area contributed by atoms with Crippen LogP contribution in [0.1, 0.15) is 16.7 Å². The van der Waals surface area contributed by atoms with Gasteiger partial charge in [0.1, 0.15) is 6.61 Å². The zero-order chi connectivity index (χ0) is 24.9. The number of amides is 1. The third kappa shape index (κ3) is 3.82. The van der Waals surface area contributed by atoms with Crippen molar-refractivity contribution in [1.82, 2.24) is 8.87 Å². The number of carbonyl (C=O) groups excluding carboxylic acids is 1. The lowest BCUT2D eigenvalue weighted by atomic mass is 10.1. The third-order valence-corrected chi connectivity index (χ3v) is 8.86. The second-order valence-corrected chi connectivity index (χ2v) is 11.3. The number of fused-ring (bicyclic) bond motifs is 5. The summed E-state index contributed by atoms with van der Waals surface area (Å²) in [4.78, 5) is 17.1. The van der Waals surface area contributed by atoms with Gasteiger partial charge in [0.15, 0.2) is 0 Å². The smallest absolute Gasteiger partial charge is 0.410 e. The van der Waals surface area contributed by atoms with Crippen LogP contribution in [0.5, 0.6) is 0 Å². The van der Waals surface area contributed by atoms with Gasteiger partial charge < -0.3 is 14.5 Å². The van der Waals surface area contributed by atoms with Crippen LogP contribution in [0, 0.1) is 6.92 Å². The van der Waals surface area contributed by atoms with Crippen LogP contribution in [0.2, 0.25) is 0 Å². The number of nitrogens with zero attached hydrogens (tertiary/aromatic N) is 3. The zero-order valence-electron chi connectivity index (χ0n) is 20.0. The van der Waals surface area contributed by atoms with Crippen molar-refractivity contribution in [3.8, 4) is 0 Å². The highest BCUT2D eigenvalue weighted by molar-refractivity contribution is 7.90. The van der Waals surface area contributed by atoms with E-state index in [-0.39, 0.29) is 23.6 Å². The summed E-state index contributed by atoms with van der Waals surface area (Å²) in [6, 6.07) is 22.5. The van der Waals surface area contributed by atoms with Gasteiger partial charge in [0.25, 0.3) is 10.0 Å². The molecule has 0 radical (unpaired) electrons. The standard InChI is InChI=1S/C28H27N3O4S/c1-20-7-10-24(11-8-20)36(33,34)31-14-13-25-26(31)12-9-22-17-23-18-29(15-16-30(23)27(22)25)28(32)35-19-21-5-3-2-4-6-21/h2-14,23H,15-19H2,1H3. The highest BCUT2D eigenvalue weighted by atomic mass is 32.2. The summed E-state index contributed by atoms with van der Waals surface area (Å²) in [5.74, 6) is 0. The van der Waals surface area contributed by atoms with Gasteiger partial charge in [-0.15, -0.1) is 0 Å². The van der Waals surface area contributed by atoms with Crippen molar-refractivity contribution in [3.63, 3.8) is 0 Å². The zero-order valence-corrected chi connectivity index (χ0v) is 20.8. The Morgan fingerprint density at radius 3 is 2.53 bits per heavy atom. The molecule has 0 saturated carbocycles. The molecular formula is C28H27N3O4S. The van der Waals surface area contributed by atoms with Crippen LogP contribution in [0.3, 0.4) is 0 Å². The Labute approximate surface area is 210 Å². The Morgan fingerprint density at radius 1 is 0.972 bits per heavy atom. The molecule has 2 aliphatic rings. The summed E-state index contributed by atoms with van der Waals surface area (Å²) in [7, 11) is -3.71. The fourth-order valence-electron chi connectivity index (χ4n) is 5.31. The molecule has 8 heteroatoms. The number of rotatable bonds is 4. The Morgan fingerprint density at radius 2 is 1.75 bits per heavy atom. The van der Waals surface area contributed by atoms with Crippen molar-refractivity contribution >= 4 is 32.7 Å². The molecule has 1 aromatic heterocycles. The Hall–Kier alpha value is -3.78. The van der Waals surface area contributed by atoms with Gasteiger partial charge in [0.2, 0.25) is 0 Å². The van der Waals surface area contributed by atoms with Crippen LogP contribution < -0.4 is 4.90 Å². The Bertz CT molecular complexity index is 1550. The van der Waals surface area contributed by atoms with E-state index in [2.05, 4.69) is 4.90 Å². The minimum atomic E-state index is -3.71. The van der Waals surface area contributed by atoms with Crippen LogP contribution in [0.15, 0.2) is 83.9 Å². The Balaban J connectivity index is 1.23. The van der Waals surface area contributed by atoms with Crippen molar-refractivity contribution in [2.24, 2.45) is 0 Å². The van der Waals surface area contributed by atoms with Crippen molar-refractivity contribution < 1.29 is 17.9 Å². The lowest BCUT2D eigenvalue weighted by molar-refractivity contribution is 0.0896. The fraction of sp³-hybridized carbons (Fsp3) is 0.250. The fourth-order valence-corrected chi connectivity index (χ4v) is 6.66. The van der Waals surface area contributed by atoms with Crippen LogP contribution in [-0.4, -0.2) is 49.1 Å². The second kappa shape index (κ2) is 8.71. The summed E-state index contributed by atoms with van der Waals surface area (Å²) in [6.07, 6.45) is 2.16.